The summed E-state index contributed by atoms with van der Waals surface area (Å²) in [6, 6.07) is 0. The van der Waals surface area contributed by atoms with E-state index in [-0.39, 0.29) is 5.82 Å². The zero-order valence-corrected chi connectivity index (χ0v) is 15.0. The molecule has 0 radical (unpaired) electrons. The molecule has 0 amide bonds. The molecule has 0 unspecified atom stereocenters. The summed E-state index contributed by atoms with van der Waals surface area (Å²) in [5.74, 6) is -0.535. The fraction of sp³-hybridized carbons (Fsp3) is 0.562. The van der Waals surface area contributed by atoms with E-state index < -0.39 is 24.3 Å². The molecule has 1 aliphatic heterocycles. The van der Waals surface area contributed by atoms with Gasteiger partial charge in [-0.25, -0.2) is 14.8 Å². The van der Waals surface area contributed by atoms with Gasteiger partial charge in [-0.15, -0.1) is 0 Å². The van der Waals surface area contributed by atoms with Crippen molar-refractivity contribution in [2.45, 2.75) is 38.9 Å². The Kier molecular flexibility index (Phi) is 5.42. The van der Waals surface area contributed by atoms with E-state index in [2.05, 4.69) is 20.0 Å². The molecular weight excluding hydrogens is 309 g/mol. The molecule has 1 fully saturated rings. The molecule has 8 heteroatoms. The molecule has 0 bridgehead atoms. The van der Waals surface area contributed by atoms with E-state index in [1.165, 1.54) is 7.11 Å². The van der Waals surface area contributed by atoms with Crippen molar-refractivity contribution in [3.05, 3.63) is 29.3 Å². The first-order valence-electron chi connectivity index (χ1n) is 7.81. The zero-order valence-electron chi connectivity index (χ0n) is 15.0. The van der Waals surface area contributed by atoms with Crippen molar-refractivity contribution in [3.8, 4) is 0 Å². The molecule has 1 saturated heterocycles. The Bertz CT molecular complexity index is 613. The summed E-state index contributed by atoms with van der Waals surface area (Å²) < 4.78 is 16.8. The van der Waals surface area contributed by atoms with Crippen molar-refractivity contribution in [3.63, 3.8) is 0 Å². The predicted molar refractivity (Wildman–Crippen MR) is 91.4 cm³/mol. The highest BCUT2D eigenvalue weighted by Gasteiger charge is 2.52. The van der Waals surface area contributed by atoms with Gasteiger partial charge in [-0.3, -0.25) is 0 Å². The lowest BCUT2D eigenvalue weighted by molar-refractivity contribution is 0.00578. The van der Waals surface area contributed by atoms with Crippen LogP contribution in [-0.4, -0.2) is 55.0 Å². The maximum absolute atomic E-state index is 11.4. The van der Waals surface area contributed by atoms with Crippen LogP contribution in [0.15, 0.2) is 17.9 Å². The van der Waals surface area contributed by atoms with Crippen molar-refractivity contribution in [2.24, 2.45) is 0 Å². The number of nitrogens with one attached hydrogen (secondary N) is 1. The molecule has 0 spiro atoms. The Hall–Kier alpha value is -1.77. The Balaban J connectivity index is 2.24. The van der Waals surface area contributed by atoms with Gasteiger partial charge in [0.05, 0.1) is 18.3 Å². The molecule has 0 aliphatic carbocycles. The molecule has 7 nitrogen and oxygen atoms in total. The minimum Gasteiger partial charge on any atom is -0.463 e. The van der Waals surface area contributed by atoms with Crippen molar-refractivity contribution in [1.82, 2.24) is 15.3 Å². The summed E-state index contributed by atoms with van der Waals surface area (Å²) in [5, 5.41) is 3.12. The summed E-state index contributed by atoms with van der Waals surface area (Å²) in [6.45, 7) is 8.64. The van der Waals surface area contributed by atoms with Crippen LogP contribution in [0.4, 0.5) is 0 Å². The molecule has 2 rings (SSSR count). The summed E-state index contributed by atoms with van der Waals surface area (Å²) >= 11 is 0. The standard InChI is InChI=1S/C16H24BN3O4/c1-15(2)16(3,4)24-17(23-15)12(10-18-5)7-11-8-19-13(20-9-11)14(21)22-6/h7-9,18H,10H2,1-6H3. The van der Waals surface area contributed by atoms with Crippen LogP contribution >= 0.6 is 0 Å². The topological polar surface area (TPSA) is 82.6 Å². The minimum atomic E-state index is -0.563. The smallest absolute Gasteiger partial charge is 0.463 e. The third-order valence-corrected chi connectivity index (χ3v) is 4.33. The number of aromatic nitrogens is 2. The highest BCUT2D eigenvalue weighted by Crippen LogP contribution is 2.38. The van der Waals surface area contributed by atoms with E-state index in [9.17, 15) is 4.79 Å². The lowest BCUT2D eigenvalue weighted by atomic mass is 9.77. The van der Waals surface area contributed by atoms with Crippen LogP contribution in [0.3, 0.4) is 0 Å². The molecule has 130 valence electrons. The fourth-order valence-electron chi connectivity index (χ4n) is 2.22. The second-order valence-electron chi connectivity index (χ2n) is 6.67. The average Bonchev–Trinajstić information content (AvgIpc) is 2.75. The van der Waals surface area contributed by atoms with Gasteiger partial charge in [0.1, 0.15) is 0 Å². The van der Waals surface area contributed by atoms with Crippen molar-refractivity contribution >= 4 is 19.2 Å². The predicted octanol–water partition coefficient (Wildman–Crippen LogP) is 1.50. The van der Waals surface area contributed by atoms with Gasteiger partial charge in [0.25, 0.3) is 0 Å². The number of hydrogen-bond donors (Lipinski definition) is 1. The van der Waals surface area contributed by atoms with E-state index in [1.54, 1.807) is 12.4 Å². The lowest BCUT2D eigenvalue weighted by Crippen LogP contribution is -2.41. The van der Waals surface area contributed by atoms with Crippen molar-refractivity contribution in [1.29, 1.82) is 0 Å². The van der Waals surface area contributed by atoms with E-state index in [1.807, 2.05) is 40.8 Å². The first-order chi connectivity index (χ1) is 11.2. The number of carbonyl (C=O) groups excluding carboxylic acids is 1. The number of methoxy groups -OCH3 is 1. The van der Waals surface area contributed by atoms with E-state index in [0.29, 0.717) is 6.54 Å². The van der Waals surface area contributed by atoms with Gasteiger partial charge in [-0.05, 0) is 40.2 Å². The monoisotopic (exact) mass is 333 g/mol. The van der Waals surface area contributed by atoms with Gasteiger partial charge in [-0.1, -0.05) is 6.08 Å². The van der Waals surface area contributed by atoms with Crippen LogP contribution in [0.25, 0.3) is 6.08 Å². The fourth-order valence-corrected chi connectivity index (χ4v) is 2.22. The Morgan fingerprint density at radius 2 is 1.79 bits per heavy atom. The first kappa shape index (κ1) is 18.6. The van der Waals surface area contributed by atoms with E-state index in [4.69, 9.17) is 9.31 Å². The summed E-state index contributed by atoms with van der Waals surface area (Å²) in [5.41, 5.74) is 0.860. The van der Waals surface area contributed by atoms with E-state index in [0.717, 1.165) is 11.0 Å². The molecule has 1 aliphatic rings. The summed E-state index contributed by atoms with van der Waals surface area (Å²) in [4.78, 5) is 19.4. The van der Waals surface area contributed by atoms with Gasteiger partial charge >= 0.3 is 13.1 Å². The Morgan fingerprint density at radius 1 is 1.25 bits per heavy atom. The van der Waals surface area contributed by atoms with Crippen LogP contribution in [0.5, 0.6) is 0 Å². The van der Waals surface area contributed by atoms with Gasteiger partial charge in [0.15, 0.2) is 0 Å². The highest BCUT2D eigenvalue weighted by molar-refractivity contribution is 6.55. The molecule has 1 aromatic heterocycles. The van der Waals surface area contributed by atoms with Crippen LogP contribution in [0.1, 0.15) is 43.9 Å². The quantitative estimate of drug-likeness (QED) is 0.646. The lowest BCUT2D eigenvalue weighted by Gasteiger charge is -2.32. The molecule has 0 saturated carbocycles. The molecule has 2 heterocycles. The largest absolute Gasteiger partial charge is 0.491 e. The van der Waals surface area contributed by atoms with Gasteiger partial charge < -0.3 is 19.4 Å². The van der Waals surface area contributed by atoms with Gasteiger partial charge in [0.2, 0.25) is 5.82 Å². The third-order valence-electron chi connectivity index (χ3n) is 4.33. The molecule has 0 aromatic carbocycles. The Labute approximate surface area is 142 Å². The number of nitrogens with zero attached hydrogens (tertiary/aromatic N) is 2. The average molecular weight is 333 g/mol. The number of carbonyl (C=O) groups is 1. The second kappa shape index (κ2) is 7.00. The third kappa shape index (κ3) is 3.83. The van der Waals surface area contributed by atoms with Crippen LogP contribution in [0, 0.1) is 0 Å². The number of ether oxygens (including phenoxy) is 1. The highest BCUT2D eigenvalue weighted by atomic mass is 16.7. The van der Waals surface area contributed by atoms with Crippen LogP contribution in [-0.2, 0) is 14.0 Å². The molecule has 24 heavy (non-hydrogen) atoms. The molecule has 1 aromatic rings. The normalized spacial score (nSPS) is 19.4. The number of hydrogen-bond acceptors (Lipinski definition) is 7. The van der Waals surface area contributed by atoms with Crippen molar-refractivity contribution in [2.75, 3.05) is 20.7 Å². The maximum atomic E-state index is 11.4. The first-order valence-corrected chi connectivity index (χ1v) is 7.81. The molecular formula is C16H24BN3O4. The van der Waals surface area contributed by atoms with Gasteiger partial charge in [0, 0.05) is 24.5 Å². The number of likely N-dealkylation sites (N-methyl/N-ethyl adjacent to an activating group) is 1. The summed E-state index contributed by atoms with van der Waals surface area (Å²) in [7, 11) is 2.70. The Morgan fingerprint density at radius 3 is 2.25 bits per heavy atom. The maximum Gasteiger partial charge on any atom is 0.491 e. The van der Waals surface area contributed by atoms with Crippen LogP contribution in [0.2, 0.25) is 0 Å². The number of rotatable bonds is 5. The summed E-state index contributed by atoms with van der Waals surface area (Å²) in [6.07, 6.45) is 5.04. The van der Waals surface area contributed by atoms with E-state index >= 15 is 0 Å². The van der Waals surface area contributed by atoms with Gasteiger partial charge in [-0.2, -0.15) is 0 Å². The van der Waals surface area contributed by atoms with Crippen LogP contribution < -0.4 is 5.32 Å². The second-order valence-corrected chi connectivity index (χ2v) is 6.67. The minimum absolute atomic E-state index is 0.0282. The SMILES string of the molecule is CNCC(=Cc1cnc(C(=O)OC)nc1)B1OC(C)(C)C(C)(C)O1. The zero-order chi connectivity index (χ0) is 18.0. The van der Waals surface area contributed by atoms with Crippen molar-refractivity contribution < 1.29 is 18.8 Å². The molecule has 0 atom stereocenters. The number of esters is 1. The molecule has 1 N–H and O–H groups in total.